The molecule has 0 bridgehead atoms. The van der Waals surface area contributed by atoms with E-state index in [1.807, 2.05) is 60.7 Å². The average molecular weight is 312 g/mol. The van der Waals surface area contributed by atoms with E-state index in [2.05, 4.69) is 0 Å². The maximum atomic E-state index is 11.9. The van der Waals surface area contributed by atoms with Crippen LogP contribution in [0.15, 0.2) is 60.7 Å². The van der Waals surface area contributed by atoms with E-state index in [-0.39, 0.29) is 19.6 Å². The van der Waals surface area contributed by atoms with Crippen molar-refractivity contribution in [3.05, 3.63) is 71.8 Å². The van der Waals surface area contributed by atoms with Crippen molar-refractivity contribution in [1.82, 2.24) is 0 Å². The number of carbonyl (C=O) groups excluding carboxylic acids is 2. The third kappa shape index (κ3) is 5.94. The van der Waals surface area contributed by atoms with Crippen LogP contribution < -0.4 is 0 Å². The van der Waals surface area contributed by atoms with E-state index in [0.29, 0.717) is 0 Å². The molecule has 4 nitrogen and oxygen atoms in total. The van der Waals surface area contributed by atoms with Crippen LogP contribution in [0.25, 0.3) is 0 Å². The molecule has 0 heterocycles. The zero-order chi connectivity index (χ0) is 16.5. The fraction of sp³-hybridized carbons (Fsp3) is 0.263. The van der Waals surface area contributed by atoms with Gasteiger partial charge < -0.3 is 9.47 Å². The highest BCUT2D eigenvalue weighted by molar-refractivity contribution is 5.79. The molecular formula is C19H20O4. The largest absolute Gasteiger partial charge is 0.461 e. The molecule has 0 saturated carbocycles. The summed E-state index contributed by atoms with van der Waals surface area (Å²) in [4.78, 5) is 23.7. The van der Waals surface area contributed by atoms with E-state index >= 15 is 0 Å². The summed E-state index contributed by atoms with van der Waals surface area (Å²) >= 11 is 0. The van der Waals surface area contributed by atoms with Gasteiger partial charge >= 0.3 is 11.9 Å². The monoisotopic (exact) mass is 312 g/mol. The standard InChI is InChI=1S/C19H20O4/c1-15(19(21)23-14-17-10-6-3-7-11-17)12-18(20)22-13-16-8-4-2-5-9-16/h2-11,15H,12-14H2,1H3. The first-order chi connectivity index (χ1) is 11.1. The first-order valence-electron chi connectivity index (χ1n) is 7.55. The lowest BCUT2D eigenvalue weighted by atomic mass is 10.1. The molecule has 0 radical (unpaired) electrons. The van der Waals surface area contributed by atoms with Crippen molar-refractivity contribution >= 4 is 11.9 Å². The number of rotatable bonds is 7. The topological polar surface area (TPSA) is 52.6 Å². The highest BCUT2D eigenvalue weighted by atomic mass is 16.5. The smallest absolute Gasteiger partial charge is 0.309 e. The number of carbonyl (C=O) groups is 2. The van der Waals surface area contributed by atoms with Gasteiger partial charge in [-0.05, 0) is 11.1 Å². The van der Waals surface area contributed by atoms with Crippen molar-refractivity contribution in [2.75, 3.05) is 0 Å². The summed E-state index contributed by atoms with van der Waals surface area (Å²) in [5.41, 5.74) is 1.83. The number of benzene rings is 2. The first-order valence-corrected chi connectivity index (χ1v) is 7.55. The molecule has 0 N–H and O–H groups in total. The summed E-state index contributed by atoms with van der Waals surface area (Å²) in [5, 5.41) is 0. The van der Waals surface area contributed by atoms with Gasteiger partial charge in [0.2, 0.25) is 0 Å². The number of hydrogen-bond donors (Lipinski definition) is 0. The molecule has 4 heteroatoms. The zero-order valence-corrected chi connectivity index (χ0v) is 13.1. The predicted molar refractivity (Wildman–Crippen MR) is 86.3 cm³/mol. The molecule has 0 fully saturated rings. The number of hydrogen-bond acceptors (Lipinski definition) is 4. The van der Waals surface area contributed by atoms with Crippen molar-refractivity contribution in [3.63, 3.8) is 0 Å². The molecule has 0 aliphatic heterocycles. The molecule has 2 aromatic rings. The van der Waals surface area contributed by atoms with Gasteiger partial charge in [0.25, 0.3) is 0 Å². The van der Waals surface area contributed by atoms with Gasteiger partial charge in [-0.1, -0.05) is 67.6 Å². The summed E-state index contributed by atoms with van der Waals surface area (Å²) in [6, 6.07) is 18.8. The Bertz CT molecular complexity index is 622. The molecule has 0 aromatic heterocycles. The molecule has 0 amide bonds. The molecule has 2 rings (SSSR count). The van der Waals surface area contributed by atoms with Gasteiger partial charge in [0.05, 0.1) is 12.3 Å². The second kappa shape index (κ2) is 8.73. The quantitative estimate of drug-likeness (QED) is 0.734. The van der Waals surface area contributed by atoms with E-state index < -0.39 is 17.9 Å². The van der Waals surface area contributed by atoms with Crippen LogP contribution in [-0.2, 0) is 32.3 Å². The van der Waals surface area contributed by atoms with Crippen LogP contribution in [0, 0.1) is 5.92 Å². The van der Waals surface area contributed by atoms with Crippen LogP contribution in [0.1, 0.15) is 24.5 Å². The SMILES string of the molecule is CC(CC(=O)OCc1ccccc1)C(=O)OCc1ccccc1. The zero-order valence-electron chi connectivity index (χ0n) is 13.1. The number of ether oxygens (including phenoxy) is 2. The van der Waals surface area contributed by atoms with Crippen molar-refractivity contribution in [1.29, 1.82) is 0 Å². The van der Waals surface area contributed by atoms with Gasteiger partial charge in [-0.2, -0.15) is 0 Å². The molecular weight excluding hydrogens is 292 g/mol. The van der Waals surface area contributed by atoms with Gasteiger partial charge in [0.1, 0.15) is 13.2 Å². The van der Waals surface area contributed by atoms with Crippen molar-refractivity contribution in [3.8, 4) is 0 Å². The Balaban J connectivity index is 1.71. The maximum Gasteiger partial charge on any atom is 0.309 e. The fourth-order valence-electron chi connectivity index (χ4n) is 2.00. The van der Waals surface area contributed by atoms with Gasteiger partial charge in [0.15, 0.2) is 0 Å². The normalized spacial score (nSPS) is 11.5. The second-order valence-electron chi connectivity index (χ2n) is 5.34. The molecule has 0 aliphatic rings. The van der Waals surface area contributed by atoms with Crippen LogP contribution in [-0.4, -0.2) is 11.9 Å². The molecule has 0 spiro atoms. The van der Waals surface area contributed by atoms with Crippen LogP contribution >= 0.6 is 0 Å². The summed E-state index contributed by atoms with van der Waals surface area (Å²) in [7, 11) is 0. The summed E-state index contributed by atoms with van der Waals surface area (Å²) in [5.74, 6) is -1.33. The lowest BCUT2D eigenvalue weighted by Gasteiger charge is -2.11. The third-order valence-corrected chi connectivity index (χ3v) is 3.34. The lowest BCUT2D eigenvalue weighted by Crippen LogP contribution is -2.19. The molecule has 23 heavy (non-hydrogen) atoms. The number of esters is 2. The molecule has 1 unspecified atom stereocenters. The fourth-order valence-corrected chi connectivity index (χ4v) is 2.00. The van der Waals surface area contributed by atoms with Crippen LogP contribution in [0.5, 0.6) is 0 Å². The molecule has 120 valence electrons. The van der Waals surface area contributed by atoms with Crippen LogP contribution in [0.3, 0.4) is 0 Å². The van der Waals surface area contributed by atoms with E-state index in [0.717, 1.165) is 11.1 Å². The van der Waals surface area contributed by atoms with Gasteiger partial charge in [-0.25, -0.2) is 0 Å². The van der Waals surface area contributed by atoms with Crippen molar-refractivity contribution < 1.29 is 19.1 Å². The minimum Gasteiger partial charge on any atom is -0.461 e. The molecule has 0 aliphatic carbocycles. The first kappa shape index (κ1) is 16.7. The lowest BCUT2D eigenvalue weighted by molar-refractivity contribution is -0.156. The Morgan fingerprint density at radius 1 is 0.826 bits per heavy atom. The summed E-state index contributed by atoms with van der Waals surface area (Å²) in [6.45, 7) is 2.09. The van der Waals surface area contributed by atoms with Crippen LogP contribution in [0.4, 0.5) is 0 Å². The highest BCUT2D eigenvalue weighted by Gasteiger charge is 2.19. The minimum atomic E-state index is -0.526. The highest BCUT2D eigenvalue weighted by Crippen LogP contribution is 2.10. The van der Waals surface area contributed by atoms with Crippen molar-refractivity contribution in [2.24, 2.45) is 5.92 Å². The van der Waals surface area contributed by atoms with Gasteiger partial charge in [0, 0.05) is 0 Å². The Labute approximate surface area is 136 Å². The Morgan fingerprint density at radius 3 is 1.83 bits per heavy atom. The predicted octanol–water partition coefficient (Wildman–Crippen LogP) is 3.50. The molecule has 0 saturated heterocycles. The summed E-state index contributed by atoms with van der Waals surface area (Å²) in [6.07, 6.45) is 0.0143. The van der Waals surface area contributed by atoms with Crippen molar-refractivity contribution in [2.45, 2.75) is 26.6 Å². The van der Waals surface area contributed by atoms with Gasteiger partial charge in [-0.15, -0.1) is 0 Å². The summed E-state index contributed by atoms with van der Waals surface area (Å²) < 4.78 is 10.4. The molecule has 2 aromatic carbocycles. The van der Waals surface area contributed by atoms with Crippen LogP contribution in [0.2, 0.25) is 0 Å². The Kier molecular flexibility index (Phi) is 6.36. The Hall–Kier alpha value is -2.62. The second-order valence-corrected chi connectivity index (χ2v) is 5.34. The minimum absolute atomic E-state index is 0.0143. The van der Waals surface area contributed by atoms with E-state index in [9.17, 15) is 9.59 Å². The van der Waals surface area contributed by atoms with E-state index in [1.165, 1.54) is 0 Å². The maximum absolute atomic E-state index is 11.9. The van der Waals surface area contributed by atoms with E-state index in [1.54, 1.807) is 6.92 Å². The van der Waals surface area contributed by atoms with Gasteiger partial charge in [-0.3, -0.25) is 9.59 Å². The average Bonchev–Trinajstić information content (AvgIpc) is 2.59. The Morgan fingerprint density at radius 2 is 1.30 bits per heavy atom. The van der Waals surface area contributed by atoms with E-state index in [4.69, 9.17) is 9.47 Å². The molecule has 1 atom stereocenters. The third-order valence-electron chi connectivity index (χ3n) is 3.34.